The molecular formula is C12H16ClNO2. The lowest BCUT2D eigenvalue weighted by molar-refractivity contribution is 0.0935. The van der Waals surface area contributed by atoms with E-state index in [1.54, 1.807) is 6.07 Å². The Balaban J connectivity index is 2.76. The number of benzene rings is 1. The molecule has 0 saturated heterocycles. The summed E-state index contributed by atoms with van der Waals surface area (Å²) in [4.78, 5) is 11.8. The van der Waals surface area contributed by atoms with Gasteiger partial charge in [-0.15, -0.1) is 0 Å². The van der Waals surface area contributed by atoms with Gasteiger partial charge in [0.25, 0.3) is 5.91 Å². The molecule has 4 heteroatoms. The Labute approximate surface area is 100 Å². The largest absolute Gasteiger partial charge is 0.507 e. The van der Waals surface area contributed by atoms with Gasteiger partial charge in [0.1, 0.15) is 5.75 Å². The molecule has 1 atom stereocenters. The topological polar surface area (TPSA) is 49.3 Å². The number of halogens is 1. The molecule has 0 fully saturated rings. The number of aromatic hydroxyl groups is 1. The fourth-order valence-corrected chi connectivity index (χ4v) is 1.67. The van der Waals surface area contributed by atoms with Gasteiger partial charge in [-0.1, -0.05) is 24.9 Å². The summed E-state index contributed by atoms with van der Waals surface area (Å²) in [5, 5.41) is 12.8. The Bertz CT molecular complexity index is 379. The van der Waals surface area contributed by atoms with Crippen molar-refractivity contribution in [3.8, 4) is 5.75 Å². The molecule has 16 heavy (non-hydrogen) atoms. The van der Waals surface area contributed by atoms with E-state index in [-0.39, 0.29) is 23.3 Å². The molecule has 1 unspecified atom stereocenters. The average Bonchev–Trinajstić information content (AvgIpc) is 2.21. The second kappa shape index (κ2) is 5.75. The smallest absolute Gasteiger partial charge is 0.255 e. The monoisotopic (exact) mass is 241 g/mol. The molecule has 0 aromatic heterocycles. The van der Waals surface area contributed by atoms with Gasteiger partial charge in [0, 0.05) is 11.1 Å². The summed E-state index contributed by atoms with van der Waals surface area (Å²) >= 11 is 5.77. The normalized spacial score (nSPS) is 12.2. The van der Waals surface area contributed by atoms with Crippen LogP contribution in [0.3, 0.4) is 0 Å². The molecule has 0 aliphatic carbocycles. The van der Waals surface area contributed by atoms with Crippen molar-refractivity contribution < 1.29 is 9.90 Å². The number of hydrogen-bond acceptors (Lipinski definition) is 2. The first-order chi connectivity index (χ1) is 7.54. The molecule has 1 aromatic rings. The van der Waals surface area contributed by atoms with Crippen LogP contribution in [0.2, 0.25) is 5.02 Å². The molecule has 0 saturated carbocycles. The summed E-state index contributed by atoms with van der Waals surface area (Å²) in [6.07, 6.45) is 1.91. The molecule has 0 aliphatic rings. The van der Waals surface area contributed by atoms with E-state index in [1.165, 1.54) is 12.1 Å². The highest BCUT2D eigenvalue weighted by molar-refractivity contribution is 6.31. The van der Waals surface area contributed by atoms with Gasteiger partial charge >= 0.3 is 0 Å². The van der Waals surface area contributed by atoms with E-state index in [2.05, 4.69) is 12.2 Å². The summed E-state index contributed by atoms with van der Waals surface area (Å²) in [6, 6.07) is 4.52. The second-order valence-corrected chi connectivity index (χ2v) is 4.26. The predicted molar refractivity (Wildman–Crippen MR) is 65.0 cm³/mol. The van der Waals surface area contributed by atoms with Gasteiger partial charge in [-0.25, -0.2) is 0 Å². The quantitative estimate of drug-likeness (QED) is 0.852. The molecule has 1 aromatic carbocycles. The fourth-order valence-electron chi connectivity index (χ4n) is 1.50. The van der Waals surface area contributed by atoms with Gasteiger partial charge in [-0.3, -0.25) is 4.79 Å². The minimum absolute atomic E-state index is 0.0504. The summed E-state index contributed by atoms with van der Waals surface area (Å²) in [6.45, 7) is 3.99. The molecule has 88 valence electrons. The minimum atomic E-state index is -0.291. The van der Waals surface area contributed by atoms with E-state index in [0.29, 0.717) is 5.02 Å². The SMILES string of the molecule is CCCC(C)NC(=O)c1cc(Cl)ccc1O. The molecule has 0 bridgehead atoms. The van der Waals surface area contributed by atoms with Crippen LogP contribution in [0.4, 0.5) is 0 Å². The molecule has 3 nitrogen and oxygen atoms in total. The maximum Gasteiger partial charge on any atom is 0.255 e. The molecule has 0 aliphatic heterocycles. The van der Waals surface area contributed by atoms with Crippen molar-refractivity contribution >= 4 is 17.5 Å². The van der Waals surface area contributed by atoms with Crippen LogP contribution in [-0.4, -0.2) is 17.1 Å². The maximum absolute atomic E-state index is 11.8. The number of carbonyl (C=O) groups is 1. The molecule has 0 spiro atoms. The van der Waals surface area contributed by atoms with E-state index in [9.17, 15) is 9.90 Å². The van der Waals surface area contributed by atoms with Crippen LogP contribution in [-0.2, 0) is 0 Å². The van der Waals surface area contributed by atoms with E-state index in [4.69, 9.17) is 11.6 Å². The second-order valence-electron chi connectivity index (χ2n) is 3.82. The number of carbonyl (C=O) groups excluding carboxylic acids is 1. The third kappa shape index (κ3) is 3.42. The Morgan fingerprint density at radius 1 is 1.56 bits per heavy atom. The maximum atomic E-state index is 11.8. The third-order valence-electron chi connectivity index (χ3n) is 2.30. The van der Waals surface area contributed by atoms with Gasteiger partial charge in [-0.2, -0.15) is 0 Å². The van der Waals surface area contributed by atoms with Gasteiger partial charge in [0.2, 0.25) is 0 Å². The highest BCUT2D eigenvalue weighted by atomic mass is 35.5. The van der Waals surface area contributed by atoms with E-state index in [0.717, 1.165) is 12.8 Å². The van der Waals surface area contributed by atoms with E-state index in [1.807, 2.05) is 6.92 Å². The molecule has 1 rings (SSSR count). The lowest BCUT2D eigenvalue weighted by Gasteiger charge is -2.13. The van der Waals surface area contributed by atoms with Crippen LogP contribution in [0.25, 0.3) is 0 Å². The summed E-state index contributed by atoms with van der Waals surface area (Å²) in [5.74, 6) is -0.341. The van der Waals surface area contributed by atoms with Crippen molar-refractivity contribution in [3.63, 3.8) is 0 Å². The number of phenolic OH excluding ortho intramolecular Hbond substituents is 1. The zero-order valence-electron chi connectivity index (χ0n) is 9.46. The zero-order chi connectivity index (χ0) is 12.1. The molecular weight excluding hydrogens is 226 g/mol. The van der Waals surface area contributed by atoms with Gasteiger partial charge in [0.05, 0.1) is 5.56 Å². The lowest BCUT2D eigenvalue weighted by atomic mass is 10.1. The number of nitrogens with one attached hydrogen (secondary N) is 1. The average molecular weight is 242 g/mol. The van der Waals surface area contributed by atoms with Crippen molar-refractivity contribution in [3.05, 3.63) is 28.8 Å². The van der Waals surface area contributed by atoms with Crippen LogP contribution in [0, 0.1) is 0 Å². The van der Waals surface area contributed by atoms with E-state index < -0.39 is 0 Å². The number of rotatable bonds is 4. The molecule has 0 radical (unpaired) electrons. The van der Waals surface area contributed by atoms with Crippen molar-refractivity contribution in [2.24, 2.45) is 0 Å². The standard InChI is InChI=1S/C12H16ClNO2/c1-3-4-8(2)14-12(16)10-7-9(13)5-6-11(10)15/h5-8,15H,3-4H2,1-2H3,(H,14,16). The summed E-state index contributed by atoms with van der Waals surface area (Å²) < 4.78 is 0. The van der Waals surface area contributed by atoms with Crippen LogP contribution < -0.4 is 5.32 Å². The Morgan fingerprint density at radius 3 is 2.88 bits per heavy atom. The van der Waals surface area contributed by atoms with Crippen molar-refractivity contribution in [2.75, 3.05) is 0 Å². The molecule has 2 N–H and O–H groups in total. The first-order valence-corrected chi connectivity index (χ1v) is 5.71. The van der Waals surface area contributed by atoms with Crippen LogP contribution in [0.1, 0.15) is 37.0 Å². The van der Waals surface area contributed by atoms with Crippen molar-refractivity contribution in [1.29, 1.82) is 0 Å². The first kappa shape index (κ1) is 12.8. The Morgan fingerprint density at radius 2 is 2.25 bits per heavy atom. The van der Waals surface area contributed by atoms with Crippen LogP contribution >= 0.6 is 11.6 Å². The van der Waals surface area contributed by atoms with Gasteiger partial charge in [-0.05, 0) is 31.5 Å². The predicted octanol–water partition coefficient (Wildman–Crippen LogP) is 2.96. The molecule has 0 heterocycles. The number of phenols is 1. The minimum Gasteiger partial charge on any atom is -0.507 e. The first-order valence-electron chi connectivity index (χ1n) is 5.34. The third-order valence-corrected chi connectivity index (χ3v) is 2.54. The zero-order valence-corrected chi connectivity index (χ0v) is 10.2. The van der Waals surface area contributed by atoms with Gasteiger partial charge < -0.3 is 10.4 Å². The molecule has 1 amide bonds. The number of hydrogen-bond donors (Lipinski definition) is 2. The number of amides is 1. The van der Waals surface area contributed by atoms with Crippen molar-refractivity contribution in [1.82, 2.24) is 5.32 Å². The van der Waals surface area contributed by atoms with Crippen LogP contribution in [0.5, 0.6) is 5.75 Å². The Kier molecular flexibility index (Phi) is 4.62. The highest BCUT2D eigenvalue weighted by Crippen LogP contribution is 2.21. The fraction of sp³-hybridized carbons (Fsp3) is 0.417. The Hall–Kier alpha value is -1.22. The van der Waals surface area contributed by atoms with Gasteiger partial charge in [0.15, 0.2) is 0 Å². The lowest BCUT2D eigenvalue weighted by Crippen LogP contribution is -2.32. The van der Waals surface area contributed by atoms with Crippen LogP contribution in [0.15, 0.2) is 18.2 Å². The summed E-state index contributed by atoms with van der Waals surface area (Å²) in [7, 11) is 0. The van der Waals surface area contributed by atoms with E-state index >= 15 is 0 Å². The van der Waals surface area contributed by atoms with Crippen molar-refractivity contribution in [2.45, 2.75) is 32.7 Å². The highest BCUT2D eigenvalue weighted by Gasteiger charge is 2.13. The summed E-state index contributed by atoms with van der Waals surface area (Å²) in [5.41, 5.74) is 0.218.